The molecule has 2 N–H and O–H groups in total. The first-order chi connectivity index (χ1) is 6.27. The molecule has 1 aliphatic rings. The van der Waals surface area contributed by atoms with Crippen molar-refractivity contribution in [3.05, 3.63) is 0 Å². The third-order valence-corrected chi connectivity index (χ3v) is 3.44. The van der Waals surface area contributed by atoms with Gasteiger partial charge in [0.2, 0.25) is 0 Å². The van der Waals surface area contributed by atoms with Crippen LogP contribution in [0.1, 0.15) is 39.0 Å². The van der Waals surface area contributed by atoms with E-state index in [1.807, 2.05) is 7.05 Å². The molecule has 2 heteroatoms. The molecule has 78 valence electrons. The summed E-state index contributed by atoms with van der Waals surface area (Å²) in [4.78, 5) is 0. The Bertz CT molecular complexity index is 130. The smallest absolute Gasteiger partial charge is 0.0445 e. The van der Waals surface area contributed by atoms with Gasteiger partial charge >= 0.3 is 0 Å². The molecule has 1 atom stereocenters. The molecule has 1 saturated carbocycles. The van der Waals surface area contributed by atoms with Crippen molar-refractivity contribution in [3.63, 3.8) is 0 Å². The van der Waals surface area contributed by atoms with Gasteiger partial charge < -0.3 is 10.4 Å². The molecule has 0 aromatic carbocycles. The largest absolute Gasteiger partial charge is 0.396 e. The lowest BCUT2D eigenvalue weighted by atomic mass is 9.78. The number of hydrogen-bond acceptors (Lipinski definition) is 2. The average Bonchev–Trinajstić information content (AvgIpc) is 2.16. The molecular formula is C11H23NO. The summed E-state index contributed by atoms with van der Waals surface area (Å²) in [7, 11) is 2.01. The van der Waals surface area contributed by atoms with Gasteiger partial charge in [0, 0.05) is 12.6 Å². The highest BCUT2D eigenvalue weighted by molar-refractivity contribution is 4.79. The van der Waals surface area contributed by atoms with Crippen LogP contribution < -0.4 is 5.32 Å². The van der Waals surface area contributed by atoms with E-state index in [-0.39, 0.29) is 0 Å². The van der Waals surface area contributed by atoms with Crippen molar-refractivity contribution in [2.45, 2.75) is 45.1 Å². The third-order valence-electron chi connectivity index (χ3n) is 3.44. The maximum atomic E-state index is 8.91. The molecule has 1 unspecified atom stereocenters. The maximum Gasteiger partial charge on any atom is 0.0445 e. The van der Waals surface area contributed by atoms with Crippen LogP contribution in [0.25, 0.3) is 0 Å². The fourth-order valence-electron chi connectivity index (χ4n) is 2.44. The Morgan fingerprint density at radius 2 is 1.92 bits per heavy atom. The van der Waals surface area contributed by atoms with E-state index >= 15 is 0 Å². The minimum atomic E-state index is 0.317. The summed E-state index contributed by atoms with van der Waals surface area (Å²) in [6.07, 6.45) is 6.33. The van der Waals surface area contributed by atoms with Crippen LogP contribution in [0.15, 0.2) is 0 Å². The predicted molar refractivity (Wildman–Crippen MR) is 55.7 cm³/mol. The molecule has 13 heavy (non-hydrogen) atoms. The van der Waals surface area contributed by atoms with Crippen LogP contribution in [-0.2, 0) is 0 Å². The number of aliphatic hydroxyl groups excluding tert-OH is 1. The molecule has 0 aliphatic heterocycles. The second-order valence-corrected chi connectivity index (χ2v) is 4.43. The highest BCUT2D eigenvalue weighted by Crippen LogP contribution is 2.31. The zero-order valence-electron chi connectivity index (χ0n) is 8.92. The van der Waals surface area contributed by atoms with Crippen molar-refractivity contribution >= 4 is 0 Å². The zero-order valence-corrected chi connectivity index (χ0v) is 8.92. The molecule has 1 rings (SSSR count). The molecule has 0 saturated heterocycles. The van der Waals surface area contributed by atoms with E-state index in [1.165, 1.54) is 25.7 Å². The molecule has 0 radical (unpaired) electrons. The number of aliphatic hydroxyl groups is 1. The lowest BCUT2D eigenvalue weighted by molar-refractivity contribution is 0.195. The standard InChI is InChI=1S/C11H23NO/c1-9-3-5-10(6-4-9)11(12-2)7-8-13/h9-13H,3-8H2,1-2H3. The van der Waals surface area contributed by atoms with Crippen molar-refractivity contribution in [1.82, 2.24) is 5.32 Å². The van der Waals surface area contributed by atoms with Gasteiger partial charge in [-0.25, -0.2) is 0 Å². The van der Waals surface area contributed by atoms with Crippen molar-refractivity contribution < 1.29 is 5.11 Å². The van der Waals surface area contributed by atoms with Crippen LogP contribution in [0, 0.1) is 11.8 Å². The van der Waals surface area contributed by atoms with Crippen LogP contribution in [0.5, 0.6) is 0 Å². The fraction of sp³-hybridized carbons (Fsp3) is 1.00. The fourth-order valence-corrected chi connectivity index (χ4v) is 2.44. The van der Waals surface area contributed by atoms with Crippen molar-refractivity contribution in [3.8, 4) is 0 Å². The van der Waals surface area contributed by atoms with Crippen molar-refractivity contribution in [1.29, 1.82) is 0 Å². The van der Waals surface area contributed by atoms with Gasteiger partial charge in [-0.2, -0.15) is 0 Å². The minimum absolute atomic E-state index is 0.317. The molecule has 1 fully saturated rings. The second-order valence-electron chi connectivity index (χ2n) is 4.43. The Balaban J connectivity index is 2.32. The Hall–Kier alpha value is -0.0800. The van der Waals surface area contributed by atoms with Gasteiger partial charge in [-0.15, -0.1) is 0 Å². The van der Waals surface area contributed by atoms with E-state index in [4.69, 9.17) is 5.11 Å². The molecule has 0 heterocycles. The van der Waals surface area contributed by atoms with E-state index < -0.39 is 0 Å². The normalized spacial score (nSPS) is 31.6. The molecule has 1 aliphatic carbocycles. The first kappa shape index (κ1) is 11.0. The summed E-state index contributed by atoms with van der Waals surface area (Å²) in [5, 5.41) is 12.2. The Labute approximate surface area is 81.7 Å². The third kappa shape index (κ3) is 3.28. The molecule has 0 aromatic heterocycles. The first-order valence-corrected chi connectivity index (χ1v) is 5.56. The highest BCUT2D eigenvalue weighted by Gasteiger charge is 2.24. The summed E-state index contributed by atoms with van der Waals surface area (Å²) in [5.74, 6) is 1.72. The summed E-state index contributed by atoms with van der Waals surface area (Å²) in [6, 6.07) is 0.539. The minimum Gasteiger partial charge on any atom is -0.396 e. The van der Waals surface area contributed by atoms with Gasteiger partial charge in [0.15, 0.2) is 0 Å². The van der Waals surface area contributed by atoms with Crippen LogP contribution >= 0.6 is 0 Å². The van der Waals surface area contributed by atoms with Crippen LogP contribution in [0.4, 0.5) is 0 Å². The maximum absolute atomic E-state index is 8.91. The summed E-state index contributed by atoms with van der Waals surface area (Å²) >= 11 is 0. The van der Waals surface area contributed by atoms with Crippen LogP contribution in [0.3, 0.4) is 0 Å². The first-order valence-electron chi connectivity index (χ1n) is 5.56. The SMILES string of the molecule is CNC(CCO)C1CCC(C)CC1. The molecule has 0 aromatic rings. The Morgan fingerprint density at radius 1 is 1.31 bits per heavy atom. The molecular weight excluding hydrogens is 162 g/mol. The monoisotopic (exact) mass is 185 g/mol. The van der Waals surface area contributed by atoms with Crippen molar-refractivity contribution in [2.24, 2.45) is 11.8 Å². The van der Waals surface area contributed by atoms with E-state index in [9.17, 15) is 0 Å². The summed E-state index contributed by atoms with van der Waals surface area (Å²) in [6.45, 7) is 2.66. The van der Waals surface area contributed by atoms with Crippen LogP contribution in [0.2, 0.25) is 0 Å². The number of nitrogens with one attached hydrogen (secondary N) is 1. The van der Waals surface area contributed by atoms with E-state index in [2.05, 4.69) is 12.2 Å². The number of rotatable bonds is 4. The van der Waals surface area contributed by atoms with Gasteiger partial charge in [-0.3, -0.25) is 0 Å². The van der Waals surface area contributed by atoms with Gasteiger partial charge in [-0.05, 0) is 38.1 Å². The Kier molecular flexibility index (Phi) is 4.74. The molecule has 2 nitrogen and oxygen atoms in total. The van der Waals surface area contributed by atoms with E-state index in [0.29, 0.717) is 12.6 Å². The van der Waals surface area contributed by atoms with Gasteiger partial charge in [0.25, 0.3) is 0 Å². The Morgan fingerprint density at radius 3 is 2.38 bits per heavy atom. The quantitative estimate of drug-likeness (QED) is 0.700. The van der Waals surface area contributed by atoms with E-state index in [1.54, 1.807) is 0 Å². The van der Waals surface area contributed by atoms with Gasteiger partial charge in [0.05, 0.1) is 0 Å². The topological polar surface area (TPSA) is 32.3 Å². The van der Waals surface area contributed by atoms with E-state index in [0.717, 1.165) is 18.3 Å². The zero-order chi connectivity index (χ0) is 9.68. The number of hydrogen-bond donors (Lipinski definition) is 2. The van der Waals surface area contributed by atoms with Gasteiger partial charge in [0.1, 0.15) is 0 Å². The summed E-state index contributed by atoms with van der Waals surface area (Å²) < 4.78 is 0. The highest BCUT2D eigenvalue weighted by atomic mass is 16.3. The molecule has 0 amide bonds. The summed E-state index contributed by atoms with van der Waals surface area (Å²) in [5.41, 5.74) is 0. The van der Waals surface area contributed by atoms with Crippen molar-refractivity contribution in [2.75, 3.05) is 13.7 Å². The predicted octanol–water partition coefficient (Wildman–Crippen LogP) is 1.78. The lowest BCUT2D eigenvalue weighted by Crippen LogP contribution is -2.36. The lowest BCUT2D eigenvalue weighted by Gasteiger charge is -2.32. The molecule has 0 bridgehead atoms. The van der Waals surface area contributed by atoms with Gasteiger partial charge in [-0.1, -0.05) is 19.8 Å². The van der Waals surface area contributed by atoms with Crippen LogP contribution in [-0.4, -0.2) is 24.8 Å². The average molecular weight is 185 g/mol. The molecule has 0 spiro atoms. The second kappa shape index (κ2) is 5.61.